The molecule has 2 aliphatic carbocycles. The molecule has 3 heteroatoms. The van der Waals surface area contributed by atoms with Gasteiger partial charge in [-0.25, -0.2) is 0 Å². The SMILES string of the molecule is C1=Cc2c(n(-c3cccc(-c4ccccc4)c3)c3c2c(-c2ccc4c(c2)c2ccccc2n4C2C=CC(c4ccccc4)=CC2)cc2sc4ccccc4c23)CC1. The summed E-state index contributed by atoms with van der Waals surface area (Å²) < 4.78 is 7.83. The van der Waals surface area contributed by atoms with Gasteiger partial charge in [-0.15, -0.1) is 11.3 Å². The third-order valence-electron chi connectivity index (χ3n) is 12.3. The highest BCUT2D eigenvalue weighted by atomic mass is 32.1. The van der Waals surface area contributed by atoms with Crippen LogP contribution in [-0.4, -0.2) is 9.13 Å². The van der Waals surface area contributed by atoms with Crippen LogP contribution in [0.4, 0.5) is 0 Å². The third-order valence-corrected chi connectivity index (χ3v) is 13.4. The van der Waals surface area contributed by atoms with Crippen molar-refractivity contribution >= 4 is 75.9 Å². The molecule has 0 amide bonds. The first-order valence-corrected chi connectivity index (χ1v) is 20.9. The molecule has 0 saturated carbocycles. The van der Waals surface area contributed by atoms with Crippen LogP contribution in [-0.2, 0) is 6.42 Å². The van der Waals surface area contributed by atoms with Gasteiger partial charge in [-0.3, -0.25) is 0 Å². The van der Waals surface area contributed by atoms with Crippen molar-refractivity contribution in [2.75, 3.05) is 0 Å². The molecule has 0 bridgehead atoms. The summed E-state index contributed by atoms with van der Waals surface area (Å²) in [7, 11) is 0. The second-order valence-electron chi connectivity index (χ2n) is 15.5. The zero-order valence-corrected chi connectivity index (χ0v) is 32.2. The number of nitrogens with zero attached hydrogens (tertiary/aromatic N) is 2. The Morgan fingerprint density at radius 2 is 1.30 bits per heavy atom. The number of hydrogen-bond donors (Lipinski definition) is 0. The van der Waals surface area contributed by atoms with Crippen molar-refractivity contribution in [3.05, 3.63) is 199 Å². The van der Waals surface area contributed by atoms with Crippen molar-refractivity contribution in [1.82, 2.24) is 9.13 Å². The van der Waals surface area contributed by atoms with Crippen LogP contribution in [0.2, 0.25) is 0 Å². The zero-order valence-electron chi connectivity index (χ0n) is 31.4. The molecule has 0 saturated heterocycles. The lowest BCUT2D eigenvalue weighted by Gasteiger charge is -2.21. The molecule has 3 aromatic heterocycles. The van der Waals surface area contributed by atoms with Gasteiger partial charge in [0.25, 0.3) is 0 Å². The molecule has 2 aliphatic rings. The molecule has 10 aromatic rings. The molecule has 0 radical (unpaired) electrons. The maximum absolute atomic E-state index is 2.61. The Morgan fingerprint density at radius 3 is 2.14 bits per heavy atom. The summed E-state index contributed by atoms with van der Waals surface area (Å²) in [5, 5.41) is 6.64. The van der Waals surface area contributed by atoms with Gasteiger partial charge in [-0.1, -0.05) is 146 Å². The number of aromatic nitrogens is 2. The first kappa shape index (κ1) is 32.6. The van der Waals surface area contributed by atoms with Crippen molar-refractivity contribution in [2.45, 2.75) is 25.3 Å². The number of thiophene rings is 1. The fourth-order valence-electron chi connectivity index (χ4n) is 9.75. The standard InChI is InChI=1S/C54H38N2S/c1-3-14-35(15-4-1)37-26-29-40(30-27-37)55-47-23-10-7-20-42(47)46-33-39(28-31-49(46)55)45-34-51-53(44-22-9-12-25-50(44)57-51)54-52(45)43-21-8-11-24-48(43)56(54)41-19-13-18-38(32-41)36-16-5-2-6-17-36/h1-10,12-23,25-29,31-34,40H,11,24,30H2. The van der Waals surface area contributed by atoms with Crippen LogP contribution >= 0.6 is 11.3 Å². The van der Waals surface area contributed by atoms with Crippen molar-refractivity contribution < 1.29 is 0 Å². The van der Waals surface area contributed by atoms with Crippen LogP contribution in [0.5, 0.6) is 0 Å². The fraction of sp³-hybridized carbons (Fsp3) is 0.0741. The average Bonchev–Trinajstić information content (AvgIpc) is 3.94. The van der Waals surface area contributed by atoms with Crippen LogP contribution in [0.25, 0.3) is 92.5 Å². The Balaban J connectivity index is 1.10. The highest BCUT2D eigenvalue weighted by Crippen LogP contribution is 2.49. The molecule has 57 heavy (non-hydrogen) atoms. The quantitative estimate of drug-likeness (QED) is 0.166. The summed E-state index contributed by atoms with van der Waals surface area (Å²) in [6.07, 6.45) is 14.9. The highest BCUT2D eigenvalue weighted by Gasteiger charge is 2.27. The normalized spacial score (nSPS) is 15.3. The maximum Gasteiger partial charge on any atom is 0.0637 e. The number of hydrogen-bond acceptors (Lipinski definition) is 1. The van der Waals surface area contributed by atoms with Gasteiger partial charge in [-0.05, 0) is 95.1 Å². The molecule has 0 fully saturated rings. The molecule has 1 unspecified atom stereocenters. The molecular formula is C54H38N2S. The van der Waals surface area contributed by atoms with E-state index in [2.05, 4.69) is 197 Å². The van der Waals surface area contributed by atoms with E-state index < -0.39 is 0 Å². The summed E-state index contributed by atoms with van der Waals surface area (Å²) in [4.78, 5) is 0. The van der Waals surface area contributed by atoms with Crippen molar-refractivity contribution in [1.29, 1.82) is 0 Å². The summed E-state index contributed by atoms with van der Waals surface area (Å²) in [5.41, 5.74) is 15.5. The molecule has 3 heterocycles. The lowest BCUT2D eigenvalue weighted by molar-refractivity contribution is 0.649. The molecule has 270 valence electrons. The summed E-state index contributed by atoms with van der Waals surface area (Å²) in [6, 6.07) is 58.6. The van der Waals surface area contributed by atoms with Crippen LogP contribution < -0.4 is 0 Å². The Hall–Kier alpha value is -6.68. The second-order valence-corrected chi connectivity index (χ2v) is 16.6. The van der Waals surface area contributed by atoms with Crippen molar-refractivity contribution in [3.63, 3.8) is 0 Å². The molecule has 12 rings (SSSR count). The van der Waals surface area contributed by atoms with Gasteiger partial charge in [0.15, 0.2) is 0 Å². The van der Waals surface area contributed by atoms with E-state index >= 15 is 0 Å². The summed E-state index contributed by atoms with van der Waals surface area (Å²) in [6.45, 7) is 0. The van der Waals surface area contributed by atoms with Gasteiger partial charge < -0.3 is 9.13 Å². The van der Waals surface area contributed by atoms with E-state index in [-0.39, 0.29) is 6.04 Å². The number of rotatable bonds is 5. The van der Waals surface area contributed by atoms with Gasteiger partial charge in [0.2, 0.25) is 0 Å². The van der Waals surface area contributed by atoms with Crippen molar-refractivity contribution in [2.24, 2.45) is 0 Å². The third kappa shape index (κ3) is 5.09. The number of allylic oxidation sites excluding steroid dienone is 5. The van der Waals surface area contributed by atoms with E-state index in [1.807, 2.05) is 11.3 Å². The summed E-state index contributed by atoms with van der Waals surface area (Å²) >= 11 is 1.91. The van der Waals surface area contributed by atoms with E-state index in [0.717, 1.165) is 19.3 Å². The van der Waals surface area contributed by atoms with E-state index in [4.69, 9.17) is 0 Å². The molecular weight excluding hydrogens is 709 g/mol. The van der Waals surface area contributed by atoms with E-state index in [1.54, 1.807) is 0 Å². The number of fused-ring (bicyclic) bond motifs is 10. The molecule has 2 nitrogen and oxygen atoms in total. The first-order valence-electron chi connectivity index (χ1n) is 20.1. The van der Waals surface area contributed by atoms with E-state index in [1.165, 1.54) is 103 Å². The lowest BCUT2D eigenvalue weighted by Crippen LogP contribution is -2.07. The summed E-state index contributed by atoms with van der Waals surface area (Å²) in [5.74, 6) is 0. The molecule has 1 atom stereocenters. The largest absolute Gasteiger partial charge is 0.333 e. The van der Waals surface area contributed by atoms with Crippen molar-refractivity contribution in [3.8, 4) is 27.9 Å². The number of benzene rings is 7. The topological polar surface area (TPSA) is 9.86 Å². The highest BCUT2D eigenvalue weighted by molar-refractivity contribution is 7.26. The second kappa shape index (κ2) is 12.9. The predicted molar refractivity (Wildman–Crippen MR) is 245 cm³/mol. The smallest absolute Gasteiger partial charge is 0.0637 e. The Kier molecular flexibility index (Phi) is 7.39. The lowest BCUT2D eigenvalue weighted by atomic mass is 9.93. The minimum atomic E-state index is 0.241. The van der Waals surface area contributed by atoms with Gasteiger partial charge in [0, 0.05) is 64.3 Å². The van der Waals surface area contributed by atoms with Gasteiger partial charge in [0.1, 0.15) is 0 Å². The monoisotopic (exact) mass is 746 g/mol. The van der Waals surface area contributed by atoms with Gasteiger partial charge >= 0.3 is 0 Å². The molecule has 0 spiro atoms. The minimum Gasteiger partial charge on any atom is -0.333 e. The number of para-hydroxylation sites is 1. The molecule has 0 N–H and O–H groups in total. The maximum atomic E-state index is 2.61. The first-order chi connectivity index (χ1) is 28.3. The minimum absolute atomic E-state index is 0.241. The predicted octanol–water partition coefficient (Wildman–Crippen LogP) is 15.0. The van der Waals surface area contributed by atoms with Gasteiger partial charge in [-0.2, -0.15) is 0 Å². The van der Waals surface area contributed by atoms with Crippen LogP contribution in [0.15, 0.2) is 182 Å². The van der Waals surface area contributed by atoms with Crippen LogP contribution in [0.1, 0.15) is 35.7 Å². The fourth-order valence-corrected chi connectivity index (χ4v) is 10.9. The van der Waals surface area contributed by atoms with Gasteiger partial charge in [0.05, 0.1) is 11.6 Å². The molecule has 0 aliphatic heterocycles. The van der Waals surface area contributed by atoms with Crippen LogP contribution in [0, 0.1) is 0 Å². The van der Waals surface area contributed by atoms with E-state index in [0.29, 0.717) is 0 Å². The molecule has 7 aromatic carbocycles. The zero-order chi connectivity index (χ0) is 37.5. The Labute approximate surface area is 335 Å². The van der Waals surface area contributed by atoms with Crippen LogP contribution in [0.3, 0.4) is 0 Å². The Bertz CT molecular complexity index is 3310. The average molecular weight is 747 g/mol. The Morgan fingerprint density at radius 1 is 0.544 bits per heavy atom. The van der Waals surface area contributed by atoms with E-state index in [9.17, 15) is 0 Å².